The van der Waals surface area contributed by atoms with Gasteiger partial charge in [0.2, 0.25) is 5.91 Å². The lowest BCUT2D eigenvalue weighted by Crippen LogP contribution is -2.53. The maximum absolute atomic E-state index is 12.8. The Balaban J connectivity index is 2.18. The Kier molecular flexibility index (Phi) is 4.52. The largest absolute Gasteiger partial charge is 0.515 e. The molecule has 0 radical (unpaired) electrons. The lowest BCUT2D eigenvalue weighted by molar-refractivity contribution is -0.131. The summed E-state index contributed by atoms with van der Waals surface area (Å²) < 4.78 is 1.77. The van der Waals surface area contributed by atoms with Gasteiger partial charge >= 0.3 is 0 Å². The minimum atomic E-state index is -0.573. The summed E-state index contributed by atoms with van der Waals surface area (Å²) in [4.78, 5) is 28.7. The normalized spacial score (nSPS) is 28.7. The maximum atomic E-state index is 12.8. The first-order valence-corrected chi connectivity index (χ1v) is 9.27. The quantitative estimate of drug-likeness (QED) is 0.342. The van der Waals surface area contributed by atoms with Crippen molar-refractivity contribution in [2.45, 2.75) is 52.4 Å². The van der Waals surface area contributed by atoms with Crippen molar-refractivity contribution in [2.24, 2.45) is 23.4 Å². The molecule has 146 valence electrons. The van der Waals surface area contributed by atoms with Gasteiger partial charge in [-0.3, -0.25) is 19.3 Å². The second-order valence-electron chi connectivity index (χ2n) is 8.44. The molecule has 0 saturated heterocycles. The molecular weight excluding hydrogens is 344 g/mol. The van der Waals surface area contributed by atoms with E-state index in [0.717, 1.165) is 36.1 Å². The molecule has 1 fully saturated rings. The molecule has 1 saturated carbocycles. The summed E-state index contributed by atoms with van der Waals surface area (Å²) in [5, 5.41) is 17.3. The van der Waals surface area contributed by atoms with Gasteiger partial charge in [0.1, 0.15) is 5.69 Å². The Bertz CT molecular complexity index is 878. The Labute approximate surface area is 159 Å². The fourth-order valence-corrected chi connectivity index (χ4v) is 5.24. The van der Waals surface area contributed by atoms with Crippen molar-refractivity contribution in [3.05, 3.63) is 28.8 Å². The first-order chi connectivity index (χ1) is 12.6. The van der Waals surface area contributed by atoms with Crippen molar-refractivity contribution in [2.75, 3.05) is 7.05 Å². The summed E-state index contributed by atoms with van der Waals surface area (Å²) >= 11 is 0. The highest BCUT2D eigenvalue weighted by Gasteiger charge is 2.57. The number of fused-ring (bicyclic) bond motifs is 3. The highest BCUT2D eigenvalue weighted by molar-refractivity contribution is 6.07. The second kappa shape index (κ2) is 6.32. The molecular formula is C20H28N4O3. The SMILES string of the molecule is C/N=C(\NC(C)=O)c1c2c(nn1C)[C@@]1(C)C/C(=C/O)C(=O)C(C)(C)[C@@H]1CC2. The number of aliphatic hydroxyl groups is 1. The van der Waals surface area contributed by atoms with Crippen molar-refractivity contribution in [3.63, 3.8) is 0 Å². The zero-order chi connectivity index (χ0) is 20.1. The summed E-state index contributed by atoms with van der Waals surface area (Å²) in [6, 6.07) is 0. The van der Waals surface area contributed by atoms with Crippen LogP contribution in [-0.2, 0) is 28.5 Å². The Morgan fingerprint density at radius 1 is 1.41 bits per heavy atom. The highest BCUT2D eigenvalue weighted by Crippen LogP contribution is 2.56. The van der Waals surface area contributed by atoms with Crippen LogP contribution in [0.3, 0.4) is 0 Å². The molecule has 7 heteroatoms. The Morgan fingerprint density at radius 3 is 2.63 bits per heavy atom. The summed E-state index contributed by atoms with van der Waals surface area (Å²) in [5.41, 5.74) is 2.31. The van der Waals surface area contributed by atoms with Crippen molar-refractivity contribution in [1.82, 2.24) is 15.1 Å². The molecule has 1 aromatic rings. The number of ketones is 1. The van der Waals surface area contributed by atoms with Gasteiger partial charge in [-0.1, -0.05) is 20.8 Å². The first kappa shape index (κ1) is 19.3. The predicted octanol–water partition coefficient (Wildman–Crippen LogP) is 2.19. The van der Waals surface area contributed by atoms with E-state index in [-0.39, 0.29) is 23.0 Å². The molecule has 0 spiro atoms. The van der Waals surface area contributed by atoms with Crippen LogP contribution in [0.25, 0.3) is 0 Å². The van der Waals surface area contributed by atoms with Gasteiger partial charge in [0.15, 0.2) is 11.6 Å². The number of aryl methyl sites for hydroxylation is 1. The maximum Gasteiger partial charge on any atom is 0.222 e. The van der Waals surface area contributed by atoms with Gasteiger partial charge in [0.05, 0.1) is 12.0 Å². The third-order valence-corrected chi connectivity index (χ3v) is 6.34. The van der Waals surface area contributed by atoms with Crippen LogP contribution in [0.15, 0.2) is 16.8 Å². The average molecular weight is 372 g/mol. The number of carbonyl (C=O) groups is 2. The van der Waals surface area contributed by atoms with E-state index in [1.54, 1.807) is 11.7 Å². The van der Waals surface area contributed by atoms with Crippen LogP contribution in [0.2, 0.25) is 0 Å². The minimum Gasteiger partial charge on any atom is -0.515 e. The average Bonchev–Trinajstić information content (AvgIpc) is 2.93. The summed E-state index contributed by atoms with van der Waals surface area (Å²) in [6.45, 7) is 7.52. The van der Waals surface area contributed by atoms with E-state index >= 15 is 0 Å². The van der Waals surface area contributed by atoms with Crippen molar-refractivity contribution < 1.29 is 14.7 Å². The lowest BCUT2D eigenvalue weighted by atomic mass is 9.50. The van der Waals surface area contributed by atoms with Crippen LogP contribution in [0.5, 0.6) is 0 Å². The Morgan fingerprint density at radius 2 is 2.07 bits per heavy atom. The number of hydrogen-bond donors (Lipinski definition) is 2. The number of rotatable bonds is 1. The monoisotopic (exact) mass is 372 g/mol. The number of nitrogens with zero attached hydrogens (tertiary/aromatic N) is 3. The Hall–Kier alpha value is -2.44. The predicted molar refractivity (Wildman–Crippen MR) is 103 cm³/mol. The van der Waals surface area contributed by atoms with E-state index in [2.05, 4.69) is 17.2 Å². The summed E-state index contributed by atoms with van der Waals surface area (Å²) in [5.74, 6) is 0.464. The molecule has 0 aromatic carbocycles. The molecule has 7 nitrogen and oxygen atoms in total. The second-order valence-corrected chi connectivity index (χ2v) is 8.44. The van der Waals surface area contributed by atoms with Crippen LogP contribution in [-0.4, -0.2) is 39.5 Å². The number of aliphatic hydroxyl groups excluding tert-OH is 1. The van der Waals surface area contributed by atoms with Gasteiger partial charge in [-0.05, 0) is 25.2 Å². The van der Waals surface area contributed by atoms with Crippen molar-refractivity contribution >= 4 is 17.5 Å². The van der Waals surface area contributed by atoms with E-state index in [9.17, 15) is 14.7 Å². The first-order valence-electron chi connectivity index (χ1n) is 9.27. The van der Waals surface area contributed by atoms with Gasteiger partial charge in [-0.25, -0.2) is 0 Å². The van der Waals surface area contributed by atoms with Crippen LogP contribution >= 0.6 is 0 Å². The van der Waals surface area contributed by atoms with Gasteiger partial charge in [-0.15, -0.1) is 0 Å². The zero-order valence-electron chi connectivity index (χ0n) is 16.9. The molecule has 2 aliphatic rings. The summed E-state index contributed by atoms with van der Waals surface area (Å²) in [7, 11) is 3.49. The number of allylic oxidation sites excluding steroid dienone is 1. The number of amides is 1. The molecule has 1 heterocycles. The smallest absolute Gasteiger partial charge is 0.222 e. The van der Waals surface area contributed by atoms with Crippen LogP contribution in [0.4, 0.5) is 0 Å². The van der Waals surface area contributed by atoms with Gasteiger partial charge < -0.3 is 10.4 Å². The van der Waals surface area contributed by atoms with Crippen LogP contribution in [0.1, 0.15) is 57.5 Å². The van der Waals surface area contributed by atoms with Crippen molar-refractivity contribution in [3.8, 4) is 0 Å². The fraction of sp³-hybridized carbons (Fsp3) is 0.600. The molecule has 2 N–H and O–H groups in total. The van der Waals surface area contributed by atoms with E-state index < -0.39 is 5.41 Å². The van der Waals surface area contributed by atoms with E-state index in [4.69, 9.17) is 5.10 Å². The van der Waals surface area contributed by atoms with E-state index in [0.29, 0.717) is 17.8 Å². The van der Waals surface area contributed by atoms with E-state index in [1.165, 1.54) is 6.92 Å². The molecule has 0 bridgehead atoms. The van der Waals surface area contributed by atoms with Crippen LogP contribution in [0, 0.1) is 11.3 Å². The molecule has 2 aliphatic carbocycles. The highest BCUT2D eigenvalue weighted by atomic mass is 16.2. The van der Waals surface area contributed by atoms with Crippen LogP contribution < -0.4 is 5.32 Å². The molecule has 1 amide bonds. The van der Waals surface area contributed by atoms with E-state index in [1.807, 2.05) is 20.9 Å². The van der Waals surface area contributed by atoms with Gasteiger partial charge in [0, 0.05) is 43.0 Å². The van der Waals surface area contributed by atoms with Gasteiger partial charge in [0.25, 0.3) is 0 Å². The third kappa shape index (κ3) is 2.71. The lowest BCUT2D eigenvalue weighted by Gasteiger charge is -2.52. The topological polar surface area (TPSA) is 96.6 Å². The third-order valence-electron chi connectivity index (χ3n) is 6.34. The molecule has 1 aromatic heterocycles. The number of amidine groups is 1. The molecule has 0 unspecified atom stereocenters. The molecule has 2 atom stereocenters. The number of carbonyl (C=O) groups excluding carboxylic acids is 2. The van der Waals surface area contributed by atoms with Crippen molar-refractivity contribution in [1.29, 1.82) is 0 Å². The molecule has 0 aliphatic heterocycles. The number of hydrogen-bond acceptors (Lipinski definition) is 5. The zero-order valence-corrected chi connectivity index (χ0v) is 16.9. The number of aliphatic imine (C=N–C) groups is 1. The van der Waals surface area contributed by atoms with Gasteiger partial charge in [-0.2, -0.15) is 5.10 Å². The minimum absolute atomic E-state index is 0.0149. The standard InChI is InChI=1S/C20H28N4O3/c1-11(26)22-18(21-5)15-13-7-8-14-19(2,3)17(27)12(10-25)9-20(14,4)16(13)23-24(15)6/h10,14,25H,7-9H2,1-6H3,(H,21,22,26)/b12-10-/t14-,20-/m0/s1. The summed E-state index contributed by atoms with van der Waals surface area (Å²) in [6.07, 6.45) is 3.03. The fourth-order valence-electron chi connectivity index (χ4n) is 5.24. The number of aromatic nitrogens is 2. The molecule has 27 heavy (non-hydrogen) atoms. The number of nitrogens with one attached hydrogen (secondary N) is 1. The number of Topliss-reactive ketones (excluding diaryl/α,β-unsaturated/α-hetero) is 1. The molecule has 3 rings (SSSR count).